The normalized spacial score (nSPS) is 15.8. The molecule has 0 atom stereocenters. The van der Waals surface area contributed by atoms with E-state index in [1.165, 1.54) is 33.7 Å². The van der Waals surface area contributed by atoms with Gasteiger partial charge in [0.05, 0.1) is 0 Å². The number of nitrogens with zero attached hydrogens (tertiary/aromatic N) is 4. The van der Waals surface area contributed by atoms with Crippen molar-refractivity contribution in [2.24, 2.45) is 0 Å². The van der Waals surface area contributed by atoms with Gasteiger partial charge >= 0.3 is 0 Å². The number of hydrogen-bond donors (Lipinski definition) is 2. The maximum Gasteiger partial charge on any atom is 0.276 e. The summed E-state index contributed by atoms with van der Waals surface area (Å²) in [5.74, 6) is -0.635. The second-order valence-electron chi connectivity index (χ2n) is 5.96. The molecule has 1 amide bonds. The van der Waals surface area contributed by atoms with E-state index in [1.54, 1.807) is 13.0 Å². The Kier molecular flexibility index (Phi) is 4.79. The van der Waals surface area contributed by atoms with E-state index in [4.69, 9.17) is 5.73 Å². The molecule has 26 heavy (non-hydrogen) atoms. The van der Waals surface area contributed by atoms with Crippen molar-refractivity contribution in [1.29, 1.82) is 0 Å². The minimum absolute atomic E-state index is 0.0391. The van der Waals surface area contributed by atoms with Gasteiger partial charge in [0.25, 0.3) is 5.91 Å². The molecule has 1 fully saturated rings. The topological polar surface area (TPSA) is 130 Å². The van der Waals surface area contributed by atoms with Crippen molar-refractivity contribution in [2.75, 3.05) is 31.9 Å². The van der Waals surface area contributed by atoms with Crippen molar-refractivity contribution in [3.63, 3.8) is 0 Å². The fourth-order valence-electron chi connectivity index (χ4n) is 2.76. The minimum atomic E-state index is -3.84. The molecule has 0 saturated carbocycles. The maximum absolute atomic E-state index is 12.8. The van der Waals surface area contributed by atoms with E-state index in [-0.39, 0.29) is 54.2 Å². The summed E-state index contributed by atoms with van der Waals surface area (Å²) in [5, 5.41) is 9.92. The zero-order valence-electron chi connectivity index (χ0n) is 14.2. The molecule has 1 saturated heterocycles. The molecule has 1 aliphatic heterocycles. The van der Waals surface area contributed by atoms with Crippen molar-refractivity contribution in [1.82, 2.24) is 19.2 Å². The van der Waals surface area contributed by atoms with Gasteiger partial charge in [-0.3, -0.25) is 4.79 Å². The van der Waals surface area contributed by atoms with Gasteiger partial charge in [-0.05, 0) is 24.6 Å². The van der Waals surface area contributed by atoms with Gasteiger partial charge in [0.1, 0.15) is 10.6 Å². The lowest BCUT2D eigenvalue weighted by Gasteiger charge is -2.34. The first kappa shape index (κ1) is 18.1. The third-order valence-electron chi connectivity index (χ3n) is 4.19. The van der Waals surface area contributed by atoms with E-state index < -0.39 is 10.0 Å². The highest BCUT2D eigenvalue weighted by atomic mass is 32.2. The molecule has 2 aromatic rings. The molecule has 0 spiro atoms. The Balaban J connectivity index is 1.75. The third kappa shape index (κ3) is 3.33. The van der Waals surface area contributed by atoms with E-state index in [0.29, 0.717) is 0 Å². The number of piperazine rings is 1. The summed E-state index contributed by atoms with van der Waals surface area (Å²) >= 11 is 0. The molecule has 0 aliphatic carbocycles. The summed E-state index contributed by atoms with van der Waals surface area (Å²) < 4.78 is 26.8. The van der Waals surface area contributed by atoms with E-state index >= 15 is 0 Å². The molecule has 0 bridgehead atoms. The van der Waals surface area contributed by atoms with Crippen molar-refractivity contribution in [2.45, 2.75) is 11.8 Å². The van der Waals surface area contributed by atoms with Crippen LogP contribution in [0.2, 0.25) is 0 Å². The molecule has 2 heterocycles. The number of aryl methyl sites for hydroxylation is 1. The summed E-state index contributed by atoms with van der Waals surface area (Å²) in [6, 6.07) is 4.43. The number of phenolic OH excluding ortho intramolecular Hbond substituents is 1. The van der Waals surface area contributed by atoms with Crippen LogP contribution in [0.5, 0.6) is 5.75 Å². The van der Waals surface area contributed by atoms with Gasteiger partial charge in [0.15, 0.2) is 11.5 Å². The van der Waals surface area contributed by atoms with Crippen molar-refractivity contribution >= 4 is 21.7 Å². The first-order chi connectivity index (χ1) is 12.3. The number of carbonyl (C=O) groups excluding carboxylic acids is 1. The van der Waals surface area contributed by atoms with Gasteiger partial charge in [-0.15, -0.1) is 0 Å². The Bertz CT molecular complexity index is 939. The summed E-state index contributed by atoms with van der Waals surface area (Å²) in [7, 11) is -3.84. The number of phenols is 1. The van der Waals surface area contributed by atoms with Crippen LogP contribution in [-0.4, -0.2) is 64.8 Å². The molecule has 0 radical (unpaired) electrons. The number of nitrogen functional groups attached to an aromatic ring is 1. The molecule has 1 aromatic heterocycles. The van der Waals surface area contributed by atoms with Crippen LogP contribution in [0.3, 0.4) is 0 Å². The molecule has 3 N–H and O–H groups in total. The summed E-state index contributed by atoms with van der Waals surface area (Å²) in [5.41, 5.74) is 6.46. The monoisotopic (exact) mass is 377 g/mol. The van der Waals surface area contributed by atoms with E-state index in [9.17, 15) is 18.3 Å². The average molecular weight is 377 g/mol. The molecular formula is C16H19N5O4S. The number of aromatic hydroxyl groups is 1. The Labute approximate surface area is 151 Å². The van der Waals surface area contributed by atoms with Crippen LogP contribution in [0.4, 0.5) is 5.82 Å². The second-order valence-corrected chi connectivity index (χ2v) is 7.86. The third-order valence-corrected chi connectivity index (χ3v) is 6.12. The molecule has 0 unspecified atom stereocenters. The standard InChI is InChI=1S/C16H19N5O4S/c1-11-2-3-12(22)13(10-11)26(24,25)21-8-6-20(7-9-21)16(23)14-15(17)19-5-4-18-14/h2-5,10,22H,6-9H2,1H3,(H2,17,19). The quantitative estimate of drug-likeness (QED) is 0.782. The number of anilines is 1. The highest BCUT2D eigenvalue weighted by molar-refractivity contribution is 7.89. The van der Waals surface area contributed by atoms with Gasteiger partial charge in [-0.2, -0.15) is 4.31 Å². The summed E-state index contributed by atoms with van der Waals surface area (Å²) in [4.78, 5) is 21.6. The summed E-state index contributed by atoms with van der Waals surface area (Å²) in [6.45, 7) is 2.37. The van der Waals surface area contributed by atoms with Gasteiger partial charge in [-0.1, -0.05) is 6.07 Å². The number of carbonyl (C=O) groups is 1. The summed E-state index contributed by atoms with van der Waals surface area (Å²) in [6.07, 6.45) is 2.77. The van der Waals surface area contributed by atoms with Crippen molar-refractivity contribution < 1.29 is 18.3 Å². The lowest BCUT2D eigenvalue weighted by molar-refractivity contribution is 0.0692. The van der Waals surface area contributed by atoms with Gasteiger partial charge in [-0.25, -0.2) is 18.4 Å². The van der Waals surface area contributed by atoms with Crippen LogP contribution < -0.4 is 5.73 Å². The number of hydrogen-bond acceptors (Lipinski definition) is 7. The highest BCUT2D eigenvalue weighted by Gasteiger charge is 2.32. The largest absolute Gasteiger partial charge is 0.507 e. The number of sulfonamides is 1. The van der Waals surface area contributed by atoms with Gasteiger partial charge in [0, 0.05) is 38.6 Å². The molecule has 10 heteroatoms. The Morgan fingerprint density at radius 3 is 2.46 bits per heavy atom. The number of nitrogens with two attached hydrogens (primary N) is 1. The van der Waals surface area contributed by atoms with E-state index in [2.05, 4.69) is 9.97 Å². The fraction of sp³-hybridized carbons (Fsp3) is 0.312. The average Bonchev–Trinajstić information content (AvgIpc) is 2.63. The fourth-order valence-corrected chi connectivity index (χ4v) is 4.35. The maximum atomic E-state index is 12.8. The van der Waals surface area contributed by atoms with Crippen LogP contribution in [0, 0.1) is 6.92 Å². The van der Waals surface area contributed by atoms with Crippen molar-refractivity contribution in [3.8, 4) is 5.75 Å². The predicted octanol–water partition coefficient (Wildman–Crippen LogP) is 0.220. The number of benzene rings is 1. The van der Waals surface area contributed by atoms with Crippen LogP contribution in [0.15, 0.2) is 35.5 Å². The zero-order chi connectivity index (χ0) is 18.9. The van der Waals surface area contributed by atoms with Gasteiger partial charge in [0.2, 0.25) is 10.0 Å². The Hall–Kier alpha value is -2.72. The lowest BCUT2D eigenvalue weighted by Crippen LogP contribution is -2.50. The van der Waals surface area contributed by atoms with Crippen LogP contribution >= 0.6 is 0 Å². The minimum Gasteiger partial charge on any atom is -0.507 e. The molecule has 138 valence electrons. The van der Waals surface area contributed by atoms with Crippen LogP contribution in [0.25, 0.3) is 0 Å². The zero-order valence-corrected chi connectivity index (χ0v) is 15.0. The van der Waals surface area contributed by atoms with Crippen LogP contribution in [-0.2, 0) is 10.0 Å². The predicted molar refractivity (Wildman–Crippen MR) is 94.0 cm³/mol. The number of rotatable bonds is 3. The molecule has 1 aromatic carbocycles. The number of aromatic nitrogens is 2. The smallest absolute Gasteiger partial charge is 0.276 e. The molecule has 3 rings (SSSR count). The molecular weight excluding hydrogens is 358 g/mol. The van der Waals surface area contributed by atoms with Crippen LogP contribution in [0.1, 0.15) is 16.1 Å². The lowest BCUT2D eigenvalue weighted by atomic mass is 10.2. The molecule has 1 aliphatic rings. The highest BCUT2D eigenvalue weighted by Crippen LogP contribution is 2.27. The van der Waals surface area contributed by atoms with Gasteiger partial charge < -0.3 is 15.7 Å². The number of amides is 1. The molecule has 9 nitrogen and oxygen atoms in total. The second kappa shape index (κ2) is 6.89. The Morgan fingerprint density at radius 2 is 1.81 bits per heavy atom. The first-order valence-electron chi connectivity index (χ1n) is 7.96. The van der Waals surface area contributed by atoms with E-state index in [1.807, 2.05) is 0 Å². The first-order valence-corrected chi connectivity index (χ1v) is 9.40. The van der Waals surface area contributed by atoms with Crippen molar-refractivity contribution in [3.05, 3.63) is 41.9 Å². The Morgan fingerprint density at radius 1 is 1.15 bits per heavy atom. The SMILES string of the molecule is Cc1ccc(O)c(S(=O)(=O)N2CCN(C(=O)c3nccnc3N)CC2)c1. The van der Waals surface area contributed by atoms with E-state index in [0.717, 1.165) is 5.56 Å².